The molecule has 1 N–H and O–H groups in total. The van der Waals surface area contributed by atoms with Gasteiger partial charge in [0.25, 0.3) is 0 Å². The highest BCUT2D eigenvalue weighted by molar-refractivity contribution is 5.79. The molecule has 1 aliphatic rings. The predicted molar refractivity (Wildman–Crippen MR) is 92.7 cm³/mol. The Morgan fingerprint density at radius 3 is 2.14 bits per heavy atom. The molecular formula is C20H18N2. The van der Waals surface area contributed by atoms with Crippen LogP contribution in [0.3, 0.4) is 0 Å². The number of hydrogen-bond donors (Lipinski definition) is 1. The second-order valence-corrected chi connectivity index (χ2v) is 5.57. The Balaban J connectivity index is 1.77. The maximum atomic E-state index is 3.67. The number of para-hydroxylation sites is 3. The molecule has 0 saturated carbocycles. The maximum Gasteiger partial charge on any atom is 0.0694 e. The fraction of sp³-hybridized carbons (Fsp3) is 0.100. The van der Waals surface area contributed by atoms with Crippen LogP contribution < -0.4 is 10.2 Å². The van der Waals surface area contributed by atoms with E-state index >= 15 is 0 Å². The lowest BCUT2D eigenvalue weighted by Crippen LogP contribution is -2.33. The van der Waals surface area contributed by atoms with Gasteiger partial charge < -0.3 is 10.2 Å². The normalized spacial score (nSPS) is 16.7. The summed E-state index contributed by atoms with van der Waals surface area (Å²) in [5.74, 6) is 0. The van der Waals surface area contributed by atoms with Crippen molar-refractivity contribution in [2.75, 3.05) is 16.8 Å². The lowest BCUT2D eigenvalue weighted by molar-refractivity contribution is 0.746. The molecule has 0 aromatic heterocycles. The van der Waals surface area contributed by atoms with Gasteiger partial charge in [-0.1, -0.05) is 60.7 Å². The topological polar surface area (TPSA) is 15.3 Å². The van der Waals surface area contributed by atoms with Gasteiger partial charge in [-0.2, -0.15) is 0 Å². The van der Waals surface area contributed by atoms with E-state index in [2.05, 4.69) is 95.1 Å². The lowest BCUT2D eigenvalue weighted by Gasteiger charge is -2.37. The average Bonchev–Trinajstić information content (AvgIpc) is 2.62. The van der Waals surface area contributed by atoms with Crippen LogP contribution in [0.25, 0.3) is 0 Å². The standard InChI is InChI=1S/C20H18N2/c1-3-9-16(10-4-1)19-15-22(17-11-5-2-6-12-17)20-14-8-7-13-18(20)21-19/h1-14,19,21H,15H2. The van der Waals surface area contributed by atoms with Crippen molar-refractivity contribution in [3.8, 4) is 0 Å². The van der Waals surface area contributed by atoms with E-state index < -0.39 is 0 Å². The molecule has 3 aromatic carbocycles. The maximum absolute atomic E-state index is 3.67. The fourth-order valence-corrected chi connectivity index (χ4v) is 3.07. The molecule has 2 heteroatoms. The molecule has 0 fully saturated rings. The summed E-state index contributed by atoms with van der Waals surface area (Å²) in [7, 11) is 0. The first-order valence-corrected chi connectivity index (χ1v) is 7.65. The predicted octanol–water partition coefficient (Wildman–Crippen LogP) is 4.99. The van der Waals surface area contributed by atoms with E-state index in [0.717, 1.165) is 6.54 Å². The van der Waals surface area contributed by atoms with E-state index in [4.69, 9.17) is 0 Å². The number of hydrogen-bond acceptors (Lipinski definition) is 2. The second kappa shape index (κ2) is 5.57. The lowest BCUT2D eigenvalue weighted by atomic mass is 10.0. The average molecular weight is 286 g/mol. The summed E-state index contributed by atoms with van der Waals surface area (Å²) < 4.78 is 0. The summed E-state index contributed by atoms with van der Waals surface area (Å²) in [6.45, 7) is 0.922. The Labute approximate surface area is 131 Å². The zero-order valence-corrected chi connectivity index (χ0v) is 12.3. The minimum Gasteiger partial charge on any atom is -0.375 e. The van der Waals surface area contributed by atoms with E-state index in [1.54, 1.807) is 0 Å². The van der Waals surface area contributed by atoms with Crippen LogP contribution in [0.4, 0.5) is 17.1 Å². The molecule has 0 radical (unpaired) electrons. The van der Waals surface area contributed by atoms with Crippen LogP contribution in [0.15, 0.2) is 84.9 Å². The molecule has 0 aliphatic carbocycles. The SMILES string of the molecule is c1ccc(C2CN(c3ccccc3)c3ccccc3N2)cc1. The van der Waals surface area contributed by atoms with Gasteiger partial charge in [0, 0.05) is 12.2 Å². The molecule has 0 amide bonds. The minimum atomic E-state index is 0.288. The third-order valence-corrected chi connectivity index (χ3v) is 4.16. The third kappa shape index (κ3) is 2.33. The van der Waals surface area contributed by atoms with Crippen LogP contribution in [-0.2, 0) is 0 Å². The Morgan fingerprint density at radius 1 is 0.727 bits per heavy atom. The van der Waals surface area contributed by atoms with Gasteiger partial charge in [-0.15, -0.1) is 0 Å². The van der Waals surface area contributed by atoms with Crippen LogP contribution in [-0.4, -0.2) is 6.54 Å². The van der Waals surface area contributed by atoms with Crippen molar-refractivity contribution in [3.05, 3.63) is 90.5 Å². The molecule has 1 aliphatic heterocycles. The van der Waals surface area contributed by atoms with E-state index in [1.807, 2.05) is 0 Å². The van der Waals surface area contributed by atoms with Crippen LogP contribution in [0.1, 0.15) is 11.6 Å². The first-order valence-electron chi connectivity index (χ1n) is 7.65. The van der Waals surface area contributed by atoms with Gasteiger partial charge in [-0.3, -0.25) is 0 Å². The van der Waals surface area contributed by atoms with Gasteiger partial charge in [0.15, 0.2) is 0 Å². The van der Waals surface area contributed by atoms with Crippen molar-refractivity contribution in [2.45, 2.75) is 6.04 Å². The molecule has 1 unspecified atom stereocenters. The highest BCUT2D eigenvalue weighted by Gasteiger charge is 2.25. The zero-order valence-electron chi connectivity index (χ0n) is 12.3. The second-order valence-electron chi connectivity index (χ2n) is 5.57. The molecule has 1 atom stereocenters. The Morgan fingerprint density at radius 2 is 1.36 bits per heavy atom. The smallest absolute Gasteiger partial charge is 0.0694 e. The van der Waals surface area contributed by atoms with Crippen LogP contribution in [0.2, 0.25) is 0 Å². The van der Waals surface area contributed by atoms with Crippen molar-refractivity contribution in [3.63, 3.8) is 0 Å². The largest absolute Gasteiger partial charge is 0.375 e. The number of benzene rings is 3. The van der Waals surface area contributed by atoms with Crippen molar-refractivity contribution < 1.29 is 0 Å². The van der Waals surface area contributed by atoms with Gasteiger partial charge in [-0.25, -0.2) is 0 Å². The van der Waals surface area contributed by atoms with Crippen molar-refractivity contribution in [2.24, 2.45) is 0 Å². The van der Waals surface area contributed by atoms with Gasteiger partial charge in [0.2, 0.25) is 0 Å². The van der Waals surface area contributed by atoms with E-state index in [1.165, 1.54) is 22.6 Å². The first kappa shape index (κ1) is 13.0. The van der Waals surface area contributed by atoms with Gasteiger partial charge in [0.1, 0.15) is 0 Å². The molecule has 1 heterocycles. The summed E-state index contributed by atoms with van der Waals surface area (Å²) >= 11 is 0. The number of rotatable bonds is 2. The number of anilines is 3. The summed E-state index contributed by atoms with van der Waals surface area (Å²) in [6.07, 6.45) is 0. The Bertz CT molecular complexity index is 753. The molecule has 0 spiro atoms. The Kier molecular flexibility index (Phi) is 3.28. The van der Waals surface area contributed by atoms with Gasteiger partial charge >= 0.3 is 0 Å². The number of nitrogens with zero attached hydrogens (tertiary/aromatic N) is 1. The highest BCUT2D eigenvalue weighted by atomic mass is 15.2. The first-order chi connectivity index (χ1) is 10.9. The molecule has 22 heavy (non-hydrogen) atoms. The van der Waals surface area contributed by atoms with E-state index in [9.17, 15) is 0 Å². The summed E-state index contributed by atoms with van der Waals surface area (Å²) in [5, 5.41) is 3.67. The van der Waals surface area contributed by atoms with Crippen molar-refractivity contribution >= 4 is 17.1 Å². The van der Waals surface area contributed by atoms with Crippen molar-refractivity contribution in [1.29, 1.82) is 0 Å². The molecule has 3 aromatic rings. The molecule has 2 nitrogen and oxygen atoms in total. The molecular weight excluding hydrogens is 268 g/mol. The molecule has 0 bridgehead atoms. The van der Waals surface area contributed by atoms with Crippen LogP contribution in [0, 0.1) is 0 Å². The number of fused-ring (bicyclic) bond motifs is 1. The van der Waals surface area contributed by atoms with E-state index in [0.29, 0.717) is 0 Å². The van der Waals surface area contributed by atoms with Gasteiger partial charge in [0.05, 0.1) is 17.4 Å². The van der Waals surface area contributed by atoms with Crippen LogP contribution in [0.5, 0.6) is 0 Å². The summed E-state index contributed by atoms with van der Waals surface area (Å²) in [6, 6.07) is 30.0. The monoisotopic (exact) mass is 286 g/mol. The van der Waals surface area contributed by atoms with Crippen LogP contribution >= 0.6 is 0 Å². The quantitative estimate of drug-likeness (QED) is 0.714. The minimum absolute atomic E-state index is 0.288. The summed E-state index contributed by atoms with van der Waals surface area (Å²) in [4.78, 5) is 2.39. The zero-order chi connectivity index (χ0) is 14.8. The highest BCUT2D eigenvalue weighted by Crippen LogP contribution is 2.39. The number of nitrogens with one attached hydrogen (secondary N) is 1. The summed E-state index contributed by atoms with van der Waals surface area (Å²) in [5.41, 5.74) is 4.97. The molecule has 108 valence electrons. The fourth-order valence-electron chi connectivity index (χ4n) is 3.07. The Hall–Kier alpha value is -2.74. The van der Waals surface area contributed by atoms with Crippen molar-refractivity contribution in [1.82, 2.24) is 0 Å². The molecule has 4 rings (SSSR count). The van der Waals surface area contributed by atoms with Gasteiger partial charge in [-0.05, 0) is 29.8 Å². The third-order valence-electron chi connectivity index (χ3n) is 4.16. The van der Waals surface area contributed by atoms with E-state index in [-0.39, 0.29) is 6.04 Å². The molecule has 0 saturated heterocycles.